The van der Waals surface area contributed by atoms with Crippen LogP contribution < -0.4 is 5.32 Å². The number of benzene rings is 1. The lowest BCUT2D eigenvalue weighted by Crippen LogP contribution is -2.46. The van der Waals surface area contributed by atoms with Gasteiger partial charge in [0.1, 0.15) is 6.61 Å². The highest BCUT2D eigenvalue weighted by Crippen LogP contribution is 2.12. The summed E-state index contributed by atoms with van der Waals surface area (Å²) in [6.07, 6.45) is 1.50. The summed E-state index contributed by atoms with van der Waals surface area (Å²) in [4.78, 5) is 25.5. The fraction of sp³-hybridized carbons (Fsp3) is 0.529. The number of carbonyl (C=O) groups is 2. The van der Waals surface area contributed by atoms with E-state index in [9.17, 15) is 9.59 Å². The Kier molecular flexibility index (Phi) is 6.87. The second-order valence-corrected chi connectivity index (χ2v) is 5.60. The SMILES string of the molecule is COCCC(=O)N1CCC(NC(=O)OCc2ccccc2)CC1. The number of ether oxygens (including phenoxy) is 2. The van der Waals surface area contributed by atoms with Gasteiger partial charge in [-0.25, -0.2) is 4.79 Å². The van der Waals surface area contributed by atoms with Crippen molar-refractivity contribution in [3.05, 3.63) is 35.9 Å². The van der Waals surface area contributed by atoms with Crippen molar-refractivity contribution in [3.63, 3.8) is 0 Å². The van der Waals surface area contributed by atoms with E-state index in [-0.39, 0.29) is 18.6 Å². The van der Waals surface area contributed by atoms with E-state index in [1.54, 1.807) is 7.11 Å². The molecule has 23 heavy (non-hydrogen) atoms. The van der Waals surface area contributed by atoms with Crippen molar-refractivity contribution in [1.29, 1.82) is 0 Å². The number of nitrogens with one attached hydrogen (secondary N) is 1. The average Bonchev–Trinajstić information content (AvgIpc) is 2.59. The minimum atomic E-state index is -0.405. The summed E-state index contributed by atoms with van der Waals surface area (Å²) in [7, 11) is 1.59. The van der Waals surface area contributed by atoms with E-state index in [1.165, 1.54) is 0 Å². The average molecular weight is 320 g/mol. The van der Waals surface area contributed by atoms with Crippen molar-refractivity contribution < 1.29 is 19.1 Å². The molecule has 1 saturated heterocycles. The molecule has 0 bridgehead atoms. The van der Waals surface area contributed by atoms with Crippen molar-refractivity contribution in [2.45, 2.75) is 31.9 Å². The molecule has 1 aliphatic rings. The van der Waals surface area contributed by atoms with Crippen LogP contribution >= 0.6 is 0 Å². The number of hydrogen-bond acceptors (Lipinski definition) is 4. The van der Waals surface area contributed by atoms with Crippen molar-refractivity contribution in [2.75, 3.05) is 26.8 Å². The summed E-state index contributed by atoms with van der Waals surface area (Å²) in [5.41, 5.74) is 0.959. The van der Waals surface area contributed by atoms with Gasteiger partial charge in [0, 0.05) is 26.2 Å². The van der Waals surface area contributed by atoms with E-state index < -0.39 is 6.09 Å². The molecule has 0 unspecified atom stereocenters. The molecular formula is C17H24N2O4. The summed E-state index contributed by atoms with van der Waals surface area (Å²) in [5, 5.41) is 2.87. The fourth-order valence-corrected chi connectivity index (χ4v) is 2.55. The molecule has 1 fully saturated rings. The Morgan fingerprint density at radius 2 is 1.91 bits per heavy atom. The lowest BCUT2D eigenvalue weighted by atomic mass is 10.1. The first-order chi connectivity index (χ1) is 11.2. The zero-order valence-corrected chi connectivity index (χ0v) is 13.5. The third kappa shape index (κ3) is 5.90. The molecular weight excluding hydrogens is 296 g/mol. The van der Waals surface area contributed by atoms with E-state index in [0.29, 0.717) is 26.1 Å². The zero-order valence-electron chi connectivity index (χ0n) is 13.5. The van der Waals surface area contributed by atoms with Crippen LogP contribution in [0.15, 0.2) is 30.3 Å². The topological polar surface area (TPSA) is 67.9 Å². The van der Waals surface area contributed by atoms with Gasteiger partial charge in [-0.15, -0.1) is 0 Å². The molecule has 1 N–H and O–H groups in total. The van der Waals surface area contributed by atoms with Gasteiger partial charge in [-0.1, -0.05) is 30.3 Å². The summed E-state index contributed by atoms with van der Waals surface area (Å²) in [6, 6.07) is 9.63. The molecule has 1 aliphatic heterocycles. The molecule has 0 aliphatic carbocycles. The molecule has 126 valence electrons. The highest BCUT2D eigenvalue weighted by Gasteiger charge is 2.23. The second kappa shape index (κ2) is 9.15. The molecule has 1 aromatic rings. The highest BCUT2D eigenvalue weighted by atomic mass is 16.5. The molecule has 1 aromatic carbocycles. The Morgan fingerprint density at radius 1 is 1.22 bits per heavy atom. The van der Waals surface area contributed by atoms with E-state index >= 15 is 0 Å². The molecule has 6 heteroatoms. The number of methoxy groups -OCH3 is 1. The number of carbonyl (C=O) groups excluding carboxylic acids is 2. The normalized spacial score (nSPS) is 15.3. The number of likely N-dealkylation sites (tertiary alicyclic amines) is 1. The molecule has 0 atom stereocenters. The summed E-state index contributed by atoms with van der Waals surface area (Å²) < 4.78 is 10.1. The van der Waals surface area contributed by atoms with Gasteiger partial charge in [0.15, 0.2) is 0 Å². The van der Waals surface area contributed by atoms with Gasteiger partial charge in [0.2, 0.25) is 5.91 Å². The van der Waals surface area contributed by atoms with Gasteiger partial charge in [-0.05, 0) is 18.4 Å². The molecule has 6 nitrogen and oxygen atoms in total. The first kappa shape index (κ1) is 17.3. The zero-order chi connectivity index (χ0) is 16.5. The van der Waals surface area contributed by atoms with E-state index in [2.05, 4.69) is 5.32 Å². The maximum atomic E-state index is 11.9. The Bertz CT molecular complexity index is 499. The summed E-state index contributed by atoms with van der Waals surface area (Å²) >= 11 is 0. The van der Waals surface area contributed by atoms with Crippen molar-refractivity contribution in [1.82, 2.24) is 10.2 Å². The maximum Gasteiger partial charge on any atom is 0.407 e. The van der Waals surface area contributed by atoms with Gasteiger partial charge in [0.05, 0.1) is 13.0 Å². The number of alkyl carbamates (subject to hydrolysis) is 1. The first-order valence-electron chi connectivity index (χ1n) is 7.93. The predicted molar refractivity (Wildman–Crippen MR) is 85.9 cm³/mol. The van der Waals surface area contributed by atoms with Crippen molar-refractivity contribution in [2.24, 2.45) is 0 Å². The quantitative estimate of drug-likeness (QED) is 0.870. The van der Waals surface area contributed by atoms with Crippen LogP contribution in [0.5, 0.6) is 0 Å². The number of piperidine rings is 1. The van der Waals surface area contributed by atoms with Gasteiger partial charge >= 0.3 is 6.09 Å². The molecule has 2 amide bonds. The van der Waals surface area contributed by atoms with Crippen LogP contribution in [0, 0.1) is 0 Å². The van der Waals surface area contributed by atoms with Crippen LogP contribution in [-0.2, 0) is 20.9 Å². The molecule has 0 saturated carbocycles. The number of hydrogen-bond donors (Lipinski definition) is 1. The minimum Gasteiger partial charge on any atom is -0.445 e. The van der Waals surface area contributed by atoms with Crippen LogP contribution in [0.2, 0.25) is 0 Å². The van der Waals surface area contributed by atoms with Crippen molar-refractivity contribution >= 4 is 12.0 Å². The fourth-order valence-electron chi connectivity index (χ4n) is 2.55. The molecule has 2 rings (SSSR count). The van der Waals surface area contributed by atoms with Crippen LogP contribution in [0.1, 0.15) is 24.8 Å². The largest absolute Gasteiger partial charge is 0.445 e. The number of rotatable bonds is 6. The monoisotopic (exact) mass is 320 g/mol. The number of nitrogens with zero attached hydrogens (tertiary/aromatic N) is 1. The summed E-state index contributed by atoms with van der Waals surface area (Å²) in [5.74, 6) is 0.108. The van der Waals surface area contributed by atoms with Crippen LogP contribution in [-0.4, -0.2) is 49.7 Å². The van der Waals surface area contributed by atoms with Crippen LogP contribution in [0.4, 0.5) is 4.79 Å². The van der Waals surface area contributed by atoms with Crippen molar-refractivity contribution in [3.8, 4) is 0 Å². The number of amides is 2. The van der Waals surface area contributed by atoms with E-state index in [4.69, 9.17) is 9.47 Å². The smallest absolute Gasteiger partial charge is 0.407 e. The Morgan fingerprint density at radius 3 is 2.57 bits per heavy atom. The Labute approximate surface area is 136 Å². The highest BCUT2D eigenvalue weighted by molar-refractivity contribution is 5.76. The second-order valence-electron chi connectivity index (χ2n) is 5.60. The Hall–Kier alpha value is -2.08. The molecule has 0 aromatic heterocycles. The molecule has 0 spiro atoms. The minimum absolute atomic E-state index is 0.0600. The standard InChI is InChI=1S/C17H24N2O4/c1-22-12-9-16(20)19-10-7-15(8-11-19)18-17(21)23-13-14-5-3-2-4-6-14/h2-6,15H,7-13H2,1H3,(H,18,21). The van der Waals surface area contributed by atoms with Gasteiger partial charge in [-0.2, -0.15) is 0 Å². The van der Waals surface area contributed by atoms with E-state index in [0.717, 1.165) is 18.4 Å². The first-order valence-corrected chi connectivity index (χ1v) is 7.93. The third-order valence-corrected chi connectivity index (χ3v) is 3.90. The summed E-state index contributed by atoms with van der Waals surface area (Å²) in [6.45, 7) is 2.03. The Balaban J connectivity index is 1.65. The lowest BCUT2D eigenvalue weighted by molar-refractivity contribution is -0.133. The molecule has 0 radical (unpaired) electrons. The van der Waals surface area contributed by atoms with Gasteiger partial charge in [-0.3, -0.25) is 4.79 Å². The van der Waals surface area contributed by atoms with Gasteiger partial charge in [0.25, 0.3) is 0 Å². The maximum absolute atomic E-state index is 11.9. The van der Waals surface area contributed by atoms with Crippen LogP contribution in [0.25, 0.3) is 0 Å². The third-order valence-electron chi connectivity index (χ3n) is 3.90. The van der Waals surface area contributed by atoms with Gasteiger partial charge < -0.3 is 19.7 Å². The predicted octanol–water partition coefficient (Wildman–Crippen LogP) is 1.94. The lowest BCUT2D eigenvalue weighted by Gasteiger charge is -2.32. The van der Waals surface area contributed by atoms with E-state index in [1.807, 2.05) is 35.2 Å². The van der Waals surface area contributed by atoms with Crippen LogP contribution in [0.3, 0.4) is 0 Å². The molecule has 1 heterocycles.